The first-order chi connectivity index (χ1) is 13.0. The Morgan fingerprint density at radius 2 is 1.81 bits per heavy atom. The van der Waals surface area contributed by atoms with Gasteiger partial charge in [-0.15, -0.1) is 0 Å². The van der Waals surface area contributed by atoms with Crippen molar-refractivity contribution in [1.82, 2.24) is 4.90 Å². The molecule has 0 spiro atoms. The lowest BCUT2D eigenvalue weighted by molar-refractivity contribution is -0.129. The zero-order valence-electron chi connectivity index (χ0n) is 15.9. The van der Waals surface area contributed by atoms with E-state index in [1.165, 1.54) is 4.90 Å². The van der Waals surface area contributed by atoms with E-state index in [1.54, 1.807) is 7.11 Å². The number of hydrogen-bond donors (Lipinski definition) is 0. The molecule has 5 heteroatoms. The highest BCUT2D eigenvalue weighted by molar-refractivity contribution is 5.94. The summed E-state index contributed by atoms with van der Waals surface area (Å²) in [6.07, 6.45) is -0.311. The molecule has 5 nitrogen and oxygen atoms in total. The van der Waals surface area contributed by atoms with E-state index in [0.717, 1.165) is 16.9 Å². The largest absolute Gasteiger partial charge is 0.497 e. The second kappa shape index (κ2) is 8.25. The van der Waals surface area contributed by atoms with Gasteiger partial charge in [0.25, 0.3) is 0 Å². The van der Waals surface area contributed by atoms with Crippen molar-refractivity contribution in [3.63, 3.8) is 0 Å². The zero-order valence-corrected chi connectivity index (χ0v) is 15.9. The van der Waals surface area contributed by atoms with Crippen LogP contribution >= 0.6 is 0 Å². The molecule has 142 valence electrons. The summed E-state index contributed by atoms with van der Waals surface area (Å²) < 4.78 is 10.4. The average Bonchev–Trinajstić information content (AvgIpc) is 3.08. The second-order valence-corrected chi connectivity index (χ2v) is 7.09. The van der Waals surface area contributed by atoms with Gasteiger partial charge in [0.2, 0.25) is 5.91 Å². The molecule has 0 aliphatic carbocycles. The summed E-state index contributed by atoms with van der Waals surface area (Å²) in [5, 5.41) is 0. The van der Waals surface area contributed by atoms with Crippen LogP contribution in [0.25, 0.3) is 0 Å². The summed E-state index contributed by atoms with van der Waals surface area (Å²) in [6.45, 7) is 4.36. The number of nitrogens with zero attached hydrogens (tertiary/aromatic N) is 1. The highest BCUT2D eigenvalue weighted by atomic mass is 16.6. The Hall–Kier alpha value is -2.82. The van der Waals surface area contributed by atoms with Crippen molar-refractivity contribution in [1.29, 1.82) is 0 Å². The van der Waals surface area contributed by atoms with Crippen LogP contribution in [0, 0.1) is 5.92 Å². The molecule has 1 fully saturated rings. The molecule has 1 saturated heterocycles. The molecule has 2 atom stereocenters. The minimum atomic E-state index is -0.564. The zero-order chi connectivity index (χ0) is 19.4. The molecule has 1 aliphatic heterocycles. The van der Waals surface area contributed by atoms with Gasteiger partial charge in [-0.25, -0.2) is 9.69 Å². The topological polar surface area (TPSA) is 55.8 Å². The number of rotatable bonds is 6. The Morgan fingerprint density at radius 3 is 2.41 bits per heavy atom. The highest BCUT2D eigenvalue weighted by Gasteiger charge is 2.39. The van der Waals surface area contributed by atoms with E-state index in [0.29, 0.717) is 0 Å². The second-order valence-electron chi connectivity index (χ2n) is 7.09. The van der Waals surface area contributed by atoms with Crippen LogP contribution in [-0.4, -0.2) is 30.6 Å². The molecule has 0 aromatic heterocycles. The number of benzene rings is 2. The maximum atomic E-state index is 13.1. The maximum Gasteiger partial charge on any atom is 0.417 e. The molecule has 3 rings (SSSR count). The Balaban J connectivity index is 1.80. The monoisotopic (exact) mass is 367 g/mol. The third-order valence-corrected chi connectivity index (χ3v) is 5.07. The fourth-order valence-electron chi connectivity index (χ4n) is 3.49. The van der Waals surface area contributed by atoms with Crippen LogP contribution in [0.3, 0.4) is 0 Å². The normalized spacial score (nSPS) is 17.7. The molecule has 2 aromatic carbocycles. The van der Waals surface area contributed by atoms with E-state index in [9.17, 15) is 9.59 Å². The molecule has 1 heterocycles. The summed E-state index contributed by atoms with van der Waals surface area (Å²) in [5.41, 5.74) is 1.96. The molecule has 27 heavy (non-hydrogen) atoms. The molecule has 0 bridgehead atoms. The van der Waals surface area contributed by atoms with E-state index in [1.807, 2.05) is 54.6 Å². The van der Waals surface area contributed by atoms with Gasteiger partial charge in [0.1, 0.15) is 18.4 Å². The summed E-state index contributed by atoms with van der Waals surface area (Å²) in [6, 6.07) is 16.9. The fourth-order valence-corrected chi connectivity index (χ4v) is 3.49. The lowest BCUT2D eigenvalue weighted by Crippen LogP contribution is -2.35. The molecule has 2 aromatic rings. The van der Waals surface area contributed by atoms with E-state index >= 15 is 0 Å². The third-order valence-electron chi connectivity index (χ3n) is 5.07. The van der Waals surface area contributed by atoms with Gasteiger partial charge in [0.15, 0.2) is 0 Å². The van der Waals surface area contributed by atoms with Crippen molar-refractivity contribution in [3.05, 3.63) is 65.7 Å². The Bertz CT molecular complexity index is 786. The number of ether oxygens (including phenoxy) is 2. The predicted octanol–water partition coefficient (Wildman–Crippen LogP) is 4.55. The van der Waals surface area contributed by atoms with Gasteiger partial charge in [0.05, 0.1) is 7.11 Å². The summed E-state index contributed by atoms with van der Waals surface area (Å²) in [7, 11) is 1.63. The quantitative estimate of drug-likeness (QED) is 0.752. The highest BCUT2D eigenvalue weighted by Crippen LogP contribution is 2.33. The minimum absolute atomic E-state index is 0.00762. The standard InChI is InChI=1S/C22H25NO4/c1-15(2)19(16-9-11-18(26-3)12-10-16)13-21(24)23-20(14-27-22(23)25)17-7-5-4-6-8-17/h4-12,15,19-20H,13-14H2,1-3H3. The van der Waals surface area contributed by atoms with Gasteiger partial charge in [-0.2, -0.15) is 0 Å². The molecular formula is C22H25NO4. The van der Waals surface area contributed by atoms with Crippen molar-refractivity contribution in [2.24, 2.45) is 5.92 Å². The Kier molecular flexibility index (Phi) is 5.79. The smallest absolute Gasteiger partial charge is 0.417 e. The van der Waals surface area contributed by atoms with E-state index in [2.05, 4.69) is 13.8 Å². The van der Waals surface area contributed by atoms with E-state index in [4.69, 9.17) is 9.47 Å². The van der Waals surface area contributed by atoms with Crippen molar-refractivity contribution in [3.8, 4) is 5.75 Å². The van der Waals surface area contributed by atoms with Gasteiger partial charge in [-0.05, 0) is 35.1 Å². The third kappa shape index (κ3) is 4.13. The lowest BCUT2D eigenvalue weighted by atomic mass is 9.85. The average molecular weight is 367 g/mol. The first-order valence-corrected chi connectivity index (χ1v) is 9.19. The molecule has 0 radical (unpaired) electrons. The van der Waals surface area contributed by atoms with Crippen LogP contribution in [0.15, 0.2) is 54.6 Å². The van der Waals surface area contributed by atoms with Gasteiger partial charge < -0.3 is 9.47 Å². The van der Waals surface area contributed by atoms with Crippen LogP contribution in [0.5, 0.6) is 5.75 Å². The molecule has 0 saturated carbocycles. The first-order valence-electron chi connectivity index (χ1n) is 9.19. The van der Waals surface area contributed by atoms with Crippen molar-refractivity contribution in [2.45, 2.75) is 32.2 Å². The SMILES string of the molecule is COc1ccc(C(CC(=O)N2C(=O)OCC2c2ccccc2)C(C)C)cc1. The number of cyclic esters (lactones) is 1. The predicted molar refractivity (Wildman–Crippen MR) is 103 cm³/mol. The number of carbonyl (C=O) groups is 2. The molecule has 0 N–H and O–H groups in total. The van der Waals surface area contributed by atoms with E-state index in [-0.39, 0.29) is 36.8 Å². The van der Waals surface area contributed by atoms with Gasteiger partial charge in [-0.1, -0.05) is 56.3 Å². The summed E-state index contributed by atoms with van der Waals surface area (Å²) in [4.78, 5) is 26.6. The molecular weight excluding hydrogens is 342 g/mol. The summed E-state index contributed by atoms with van der Waals surface area (Å²) in [5.74, 6) is 0.824. The van der Waals surface area contributed by atoms with E-state index < -0.39 is 6.09 Å². The van der Waals surface area contributed by atoms with Crippen molar-refractivity contribution >= 4 is 12.0 Å². The van der Waals surface area contributed by atoms with Crippen molar-refractivity contribution in [2.75, 3.05) is 13.7 Å². The van der Waals surface area contributed by atoms with Crippen LogP contribution in [-0.2, 0) is 9.53 Å². The van der Waals surface area contributed by atoms with Gasteiger partial charge in [0, 0.05) is 6.42 Å². The number of imide groups is 1. The summed E-state index contributed by atoms with van der Waals surface area (Å²) >= 11 is 0. The number of hydrogen-bond acceptors (Lipinski definition) is 4. The Morgan fingerprint density at radius 1 is 1.15 bits per heavy atom. The van der Waals surface area contributed by atoms with Gasteiger partial charge >= 0.3 is 6.09 Å². The fraction of sp³-hybridized carbons (Fsp3) is 0.364. The number of carbonyl (C=O) groups excluding carboxylic acids is 2. The van der Waals surface area contributed by atoms with Gasteiger partial charge in [-0.3, -0.25) is 4.79 Å². The van der Waals surface area contributed by atoms with Crippen molar-refractivity contribution < 1.29 is 19.1 Å². The first kappa shape index (κ1) is 19.0. The van der Waals surface area contributed by atoms with Crippen LogP contribution < -0.4 is 4.74 Å². The lowest BCUT2D eigenvalue weighted by Gasteiger charge is -2.25. The molecule has 1 aliphatic rings. The Labute approximate surface area is 159 Å². The van der Waals surface area contributed by atoms with Crippen LogP contribution in [0.1, 0.15) is 43.4 Å². The number of methoxy groups -OCH3 is 1. The number of amides is 2. The van der Waals surface area contributed by atoms with Crippen LogP contribution in [0.4, 0.5) is 4.79 Å². The van der Waals surface area contributed by atoms with Crippen LogP contribution in [0.2, 0.25) is 0 Å². The minimum Gasteiger partial charge on any atom is -0.497 e. The molecule has 2 amide bonds. The maximum absolute atomic E-state index is 13.1. The molecule has 2 unspecified atom stereocenters.